The molecule has 0 aliphatic rings. The number of carbonyl (C=O) groups is 2. The molecule has 2 heterocycles. The number of aryl methyl sites for hydroxylation is 1. The van der Waals surface area contributed by atoms with Gasteiger partial charge in [0.2, 0.25) is 0 Å². The number of nitriles is 1. The van der Waals surface area contributed by atoms with Gasteiger partial charge in [0.05, 0.1) is 31.5 Å². The predicted octanol–water partition coefficient (Wildman–Crippen LogP) is 3.65. The Morgan fingerprint density at radius 1 is 1.09 bits per heavy atom. The Bertz CT molecular complexity index is 1430. The number of nitrogens with zero attached hydrogens (tertiary/aromatic N) is 4. The number of benzene rings is 2. The Balaban J connectivity index is 1.81. The molecule has 2 aromatic heterocycles. The van der Waals surface area contributed by atoms with Crippen LogP contribution in [0, 0.1) is 18.3 Å². The third-order valence-electron chi connectivity index (χ3n) is 5.13. The number of hydrogen-bond donors (Lipinski definition) is 1. The van der Waals surface area contributed by atoms with E-state index < -0.39 is 11.9 Å². The fourth-order valence-corrected chi connectivity index (χ4v) is 3.52. The fraction of sp³-hybridized carbons (Fsp3) is 0.125. The van der Waals surface area contributed by atoms with Crippen LogP contribution in [-0.2, 0) is 4.74 Å². The summed E-state index contributed by atoms with van der Waals surface area (Å²) >= 11 is 0. The Morgan fingerprint density at radius 2 is 1.85 bits per heavy atom. The van der Waals surface area contributed by atoms with Crippen LogP contribution < -0.4 is 10.1 Å². The van der Waals surface area contributed by atoms with Gasteiger partial charge in [-0.2, -0.15) is 15.0 Å². The van der Waals surface area contributed by atoms with Crippen LogP contribution in [0.15, 0.2) is 54.7 Å². The Labute approximate surface area is 189 Å². The molecule has 1 N–H and O–H groups in total. The lowest BCUT2D eigenvalue weighted by atomic mass is 10.1. The van der Waals surface area contributed by atoms with Gasteiger partial charge >= 0.3 is 5.97 Å². The molecule has 0 unspecified atom stereocenters. The smallest absolute Gasteiger partial charge is 0.338 e. The van der Waals surface area contributed by atoms with Crippen LogP contribution >= 0.6 is 0 Å². The standard InChI is InChI=1S/C24H19N5O4/c1-14-11-20(27-21-16(14)9-6-10-19(21)32-2)29-22(15(12-25)13-26-29)28-23(30)17-7-4-5-8-18(17)24(31)33-3/h4-11,13H,1-3H3,(H,28,30). The first-order valence-corrected chi connectivity index (χ1v) is 9.90. The molecule has 0 spiro atoms. The van der Waals surface area contributed by atoms with Crippen molar-refractivity contribution in [2.45, 2.75) is 6.92 Å². The number of methoxy groups -OCH3 is 2. The van der Waals surface area contributed by atoms with Gasteiger partial charge in [-0.3, -0.25) is 4.79 Å². The SMILES string of the molecule is COC(=O)c1ccccc1C(=O)Nc1c(C#N)cnn1-c1cc(C)c2cccc(OC)c2n1. The minimum absolute atomic E-state index is 0.102. The van der Waals surface area contributed by atoms with Gasteiger partial charge in [-0.15, -0.1) is 0 Å². The van der Waals surface area contributed by atoms with E-state index in [0.717, 1.165) is 10.9 Å². The lowest BCUT2D eigenvalue weighted by molar-refractivity contribution is 0.0597. The molecule has 0 fully saturated rings. The first-order valence-electron chi connectivity index (χ1n) is 9.90. The molecule has 0 bridgehead atoms. The molecule has 9 heteroatoms. The molecule has 0 radical (unpaired) electrons. The van der Waals surface area contributed by atoms with Crippen molar-refractivity contribution < 1.29 is 19.1 Å². The number of ether oxygens (including phenoxy) is 2. The molecule has 4 rings (SSSR count). The van der Waals surface area contributed by atoms with E-state index in [4.69, 9.17) is 9.47 Å². The van der Waals surface area contributed by atoms with E-state index in [9.17, 15) is 14.9 Å². The summed E-state index contributed by atoms with van der Waals surface area (Å²) in [6.07, 6.45) is 1.34. The Morgan fingerprint density at radius 3 is 2.55 bits per heavy atom. The van der Waals surface area contributed by atoms with Crippen LogP contribution in [0.1, 0.15) is 31.8 Å². The number of rotatable bonds is 5. The molecule has 0 aliphatic carbocycles. The number of hydrogen-bond acceptors (Lipinski definition) is 7. The van der Waals surface area contributed by atoms with Crippen molar-refractivity contribution in [3.05, 3.63) is 77.0 Å². The number of fused-ring (bicyclic) bond motifs is 1. The number of nitrogens with one attached hydrogen (secondary N) is 1. The van der Waals surface area contributed by atoms with Gasteiger partial charge in [-0.25, -0.2) is 9.78 Å². The summed E-state index contributed by atoms with van der Waals surface area (Å²) in [5, 5.41) is 17.5. The molecule has 4 aromatic rings. The second-order valence-electron chi connectivity index (χ2n) is 7.08. The monoisotopic (exact) mass is 441 g/mol. The van der Waals surface area contributed by atoms with Crippen LogP contribution in [-0.4, -0.2) is 40.9 Å². The van der Waals surface area contributed by atoms with Crippen LogP contribution in [0.3, 0.4) is 0 Å². The average molecular weight is 441 g/mol. The van der Waals surface area contributed by atoms with E-state index in [2.05, 4.69) is 15.4 Å². The topological polar surface area (TPSA) is 119 Å². The minimum Gasteiger partial charge on any atom is -0.494 e. The van der Waals surface area contributed by atoms with Gasteiger partial charge in [-0.05, 0) is 36.8 Å². The molecular formula is C24H19N5O4. The second-order valence-corrected chi connectivity index (χ2v) is 7.08. The van der Waals surface area contributed by atoms with E-state index in [-0.39, 0.29) is 22.5 Å². The van der Waals surface area contributed by atoms with E-state index in [0.29, 0.717) is 17.1 Å². The molecular weight excluding hydrogens is 422 g/mol. The summed E-state index contributed by atoms with van der Waals surface area (Å²) < 4.78 is 11.6. The van der Waals surface area contributed by atoms with Crippen LogP contribution in [0.5, 0.6) is 5.75 Å². The number of pyridine rings is 1. The van der Waals surface area contributed by atoms with Crippen LogP contribution in [0.2, 0.25) is 0 Å². The highest BCUT2D eigenvalue weighted by Crippen LogP contribution is 2.29. The van der Waals surface area contributed by atoms with Crippen molar-refractivity contribution in [3.63, 3.8) is 0 Å². The highest BCUT2D eigenvalue weighted by Gasteiger charge is 2.22. The molecule has 164 valence electrons. The molecule has 0 aliphatic heterocycles. The molecule has 0 saturated carbocycles. The van der Waals surface area contributed by atoms with Gasteiger partial charge in [0, 0.05) is 5.39 Å². The maximum Gasteiger partial charge on any atom is 0.338 e. The lowest BCUT2D eigenvalue weighted by Gasteiger charge is -2.13. The van der Waals surface area contributed by atoms with Gasteiger partial charge < -0.3 is 14.8 Å². The zero-order chi connectivity index (χ0) is 23.5. The highest BCUT2D eigenvalue weighted by atomic mass is 16.5. The maximum absolute atomic E-state index is 13.1. The quantitative estimate of drug-likeness (QED) is 0.470. The third-order valence-corrected chi connectivity index (χ3v) is 5.13. The summed E-state index contributed by atoms with van der Waals surface area (Å²) in [6, 6.07) is 15.7. The molecule has 0 saturated heterocycles. The van der Waals surface area contributed by atoms with Crippen molar-refractivity contribution in [2.24, 2.45) is 0 Å². The van der Waals surface area contributed by atoms with Crippen molar-refractivity contribution in [1.29, 1.82) is 5.26 Å². The van der Waals surface area contributed by atoms with Crippen LogP contribution in [0.4, 0.5) is 5.82 Å². The minimum atomic E-state index is -0.645. The Hall–Kier alpha value is -4.71. The summed E-state index contributed by atoms with van der Waals surface area (Å²) in [5.74, 6) is -0.133. The third kappa shape index (κ3) is 3.85. The molecule has 9 nitrogen and oxygen atoms in total. The van der Waals surface area contributed by atoms with E-state index in [1.54, 1.807) is 31.4 Å². The van der Waals surface area contributed by atoms with Gasteiger partial charge in [-0.1, -0.05) is 24.3 Å². The summed E-state index contributed by atoms with van der Waals surface area (Å²) in [4.78, 5) is 29.8. The summed E-state index contributed by atoms with van der Waals surface area (Å²) in [5.41, 5.74) is 1.88. The molecule has 1 amide bonds. The fourth-order valence-electron chi connectivity index (χ4n) is 3.52. The molecule has 0 atom stereocenters. The predicted molar refractivity (Wildman–Crippen MR) is 121 cm³/mol. The maximum atomic E-state index is 13.1. The number of esters is 1. The van der Waals surface area contributed by atoms with Crippen molar-refractivity contribution >= 4 is 28.6 Å². The van der Waals surface area contributed by atoms with Crippen molar-refractivity contribution in [2.75, 3.05) is 19.5 Å². The zero-order valence-corrected chi connectivity index (χ0v) is 18.1. The number of aromatic nitrogens is 3. The van der Waals surface area contributed by atoms with Gasteiger partial charge in [0.15, 0.2) is 11.6 Å². The van der Waals surface area contributed by atoms with Gasteiger partial charge in [0.25, 0.3) is 5.91 Å². The van der Waals surface area contributed by atoms with Crippen LogP contribution in [0.25, 0.3) is 16.7 Å². The normalized spacial score (nSPS) is 10.5. The molecule has 2 aromatic carbocycles. The number of carbonyl (C=O) groups excluding carboxylic acids is 2. The number of para-hydroxylation sites is 1. The van der Waals surface area contributed by atoms with E-state index in [1.165, 1.54) is 30.1 Å². The zero-order valence-electron chi connectivity index (χ0n) is 18.1. The largest absolute Gasteiger partial charge is 0.494 e. The lowest BCUT2D eigenvalue weighted by Crippen LogP contribution is -2.19. The van der Waals surface area contributed by atoms with Crippen molar-refractivity contribution in [1.82, 2.24) is 14.8 Å². The highest BCUT2D eigenvalue weighted by molar-refractivity contribution is 6.11. The average Bonchev–Trinajstić information content (AvgIpc) is 3.25. The van der Waals surface area contributed by atoms with E-state index in [1.807, 2.05) is 25.1 Å². The van der Waals surface area contributed by atoms with Crippen molar-refractivity contribution in [3.8, 4) is 17.6 Å². The Kier molecular flexibility index (Phi) is 5.74. The number of amides is 1. The first-order chi connectivity index (χ1) is 16.0. The summed E-state index contributed by atoms with van der Waals surface area (Å²) in [6.45, 7) is 1.92. The first kappa shape index (κ1) is 21.5. The second kappa shape index (κ2) is 8.80. The molecule has 33 heavy (non-hydrogen) atoms. The number of anilines is 1. The van der Waals surface area contributed by atoms with E-state index >= 15 is 0 Å². The van der Waals surface area contributed by atoms with Gasteiger partial charge in [0.1, 0.15) is 22.9 Å². The summed E-state index contributed by atoms with van der Waals surface area (Å²) in [7, 11) is 2.80.